The molecule has 0 spiro atoms. The number of alkyl carbamates (subject to hydrolysis) is 1. The monoisotopic (exact) mass is 436 g/mol. The number of nitrogens with one attached hydrogen (secondary N) is 1. The van der Waals surface area contributed by atoms with E-state index in [1.165, 1.54) is 29.7 Å². The molecule has 0 aromatic heterocycles. The number of benzene rings is 2. The Morgan fingerprint density at radius 1 is 1.06 bits per heavy atom. The molecule has 0 unspecified atom stereocenters. The third kappa shape index (κ3) is 5.96. The summed E-state index contributed by atoms with van der Waals surface area (Å²) in [7, 11) is 2.10. The Morgan fingerprint density at radius 3 is 2.47 bits per heavy atom. The number of carbonyl (C=O) groups is 1. The van der Waals surface area contributed by atoms with E-state index in [-0.39, 0.29) is 6.09 Å². The van der Waals surface area contributed by atoms with Crippen molar-refractivity contribution < 1.29 is 14.3 Å². The second-order valence-electron chi connectivity index (χ2n) is 10.2. The first-order chi connectivity index (χ1) is 15.3. The van der Waals surface area contributed by atoms with E-state index >= 15 is 0 Å². The fourth-order valence-corrected chi connectivity index (χ4v) is 4.26. The number of ether oxygens (including phenoxy) is 2. The van der Waals surface area contributed by atoms with E-state index in [0.29, 0.717) is 12.5 Å². The second-order valence-corrected chi connectivity index (χ2v) is 10.2. The first-order valence-corrected chi connectivity index (χ1v) is 11.8. The van der Waals surface area contributed by atoms with Gasteiger partial charge in [-0.25, -0.2) is 4.79 Å². The Bertz CT molecular complexity index is 929. The predicted octanol–water partition coefficient (Wildman–Crippen LogP) is 6.19. The lowest BCUT2D eigenvalue weighted by molar-refractivity contribution is 0.0523. The fraction of sp³-hybridized carbons (Fsp3) is 0.519. The van der Waals surface area contributed by atoms with Crippen LogP contribution in [0.2, 0.25) is 0 Å². The predicted molar refractivity (Wildman–Crippen MR) is 129 cm³/mol. The Kier molecular flexibility index (Phi) is 6.63. The molecule has 1 amide bonds. The van der Waals surface area contributed by atoms with E-state index in [9.17, 15) is 4.79 Å². The van der Waals surface area contributed by atoms with Crippen molar-refractivity contribution >= 4 is 17.5 Å². The summed E-state index contributed by atoms with van der Waals surface area (Å²) < 4.78 is 11.3. The van der Waals surface area contributed by atoms with Gasteiger partial charge in [-0.05, 0) is 106 Å². The molecule has 2 aliphatic carbocycles. The zero-order valence-electron chi connectivity index (χ0n) is 19.8. The van der Waals surface area contributed by atoms with Gasteiger partial charge >= 0.3 is 6.09 Å². The van der Waals surface area contributed by atoms with Crippen LogP contribution in [0.5, 0.6) is 5.75 Å². The Morgan fingerprint density at radius 2 is 1.78 bits per heavy atom. The number of hydrogen-bond acceptors (Lipinski definition) is 4. The maximum Gasteiger partial charge on any atom is 0.407 e. The van der Waals surface area contributed by atoms with Crippen LogP contribution < -0.4 is 15.0 Å². The van der Waals surface area contributed by atoms with Crippen LogP contribution in [0.25, 0.3) is 0 Å². The molecule has 0 radical (unpaired) electrons. The van der Waals surface area contributed by atoms with E-state index in [1.54, 1.807) is 0 Å². The molecule has 5 heteroatoms. The van der Waals surface area contributed by atoms with E-state index in [0.717, 1.165) is 43.2 Å². The molecule has 1 fully saturated rings. The Balaban J connectivity index is 1.39. The van der Waals surface area contributed by atoms with E-state index in [4.69, 9.17) is 9.47 Å². The van der Waals surface area contributed by atoms with Crippen LogP contribution in [0, 0.1) is 5.92 Å². The van der Waals surface area contributed by atoms with Gasteiger partial charge in [-0.1, -0.05) is 6.07 Å². The van der Waals surface area contributed by atoms with Crippen LogP contribution in [0.1, 0.15) is 63.5 Å². The summed E-state index contributed by atoms with van der Waals surface area (Å²) in [5.74, 6) is 2.03. The van der Waals surface area contributed by atoms with Crippen molar-refractivity contribution in [2.24, 2.45) is 5.92 Å². The SMILES string of the molecule is CN(c1ccc(OCC2CC2)cc1)c1ccc2c(c1)CCC[C@H]2CNC(=O)OC(C)(C)C. The average Bonchev–Trinajstić information content (AvgIpc) is 3.59. The fourth-order valence-electron chi connectivity index (χ4n) is 4.26. The first-order valence-electron chi connectivity index (χ1n) is 11.8. The zero-order chi connectivity index (χ0) is 22.7. The third-order valence-electron chi connectivity index (χ3n) is 6.25. The largest absolute Gasteiger partial charge is 0.493 e. The summed E-state index contributed by atoms with van der Waals surface area (Å²) in [4.78, 5) is 14.3. The highest BCUT2D eigenvalue weighted by atomic mass is 16.6. The molecule has 2 aromatic carbocycles. The lowest BCUT2D eigenvalue weighted by Crippen LogP contribution is -2.35. The molecule has 0 heterocycles. The molecule has 5 nitrogen and oxygen atoms in total. The highest BCUT2D eigenvalue weighted by Gasteiger charge is 2.24. The molecule has 0 saturated heterocycles. The summed E-state index contributed by atoms with van der Waals surface area (Å²) in [6, 6.07) is 15.1. The third-order valence-corrected chi connectivity index (χ3v) is 6.25. The van der Waals surface area contributed by atoms with Crippen molar-refractivity contribution in [3.8, 4) is 5.75 Å². The zero-order valence-corrected chi connectivity index (χ0v) is 19.8. The van der Waals surface area contributed by atoms with Crippen LogP contribution in [0.15, 0.2) is 42.5 Å². The molecule has 4 rings (SSSR count). The molecule has 1 N–H and O–H groups in total. The maximum absolute atomic E-state index is 12.1. The van der Waals surface area contributed by atoms with Crippen molar-refractivity contribution in [1.82, 2.24) is 5.32 Å². The van der Waals surface area contributed by atoms with Gasteiger partial charge in [-0.2, -0.15) is 0 Å². The number of anilines is 2. The number of carbonyl (C=O) groups excluding carboxylic acids is 1. The van der Waals surface area contributed by atoms with Crippen molar-refractivity contribution in [1.29, 1.82) is 0 Å². The van der Waals surface area contributed by atoms with E-state index in [2.05, 4.69) is 59.7 Å². The van der Waals surface area contributed by atoms with Crippen molar-refractivity contribution in [3.05, 3.63) is 53.6 Å². The molecule has 1 atom stereocenters. The average molecular weight is 437 g/mol. The molecule has 1 saturated carbocycles. The molecule has 2 aliphatic rings. The quantitative estimate of drug-likeness (QED) is 0.562. The maximum atomic E-state index is 12.1. The summed E-state index contributed by atoms with van der Waals surface area (Å²) in [5.41, 5.74) is 4.56. The van der Waals surface area contributed by atoms with Gasteiger partial charge in [0.05, 0.1) is 6.61 Å². The molecule has 32 heavy (non-hydrogen) atoms. The Hall–Kier alpha value is -2.69. The van der Waals surface area contributed by atoms with Gasteiger partial charge in [0.15, 0.2) is 0 Å². The highest BCUT2D eigenvalue weighted by Crippen LogP contribution is 2.35. The lowest BCUT2D eigenvalue weighted by atomic mass is 9.82. The summed E-state index contributed by atoms with van der Waals surface area (Å²) in [6.45, 7) is 7.10. The normalized spacial score (nSPS) is 17.9. The number of hydrogen-bond donors (Lipinski definition) is 1. The van der Waals surface area contributed by atoms with Crippen LogP contribution in [0.4, 0.5) is 16.2 Å². The molecule has 172 valence electrons. The first kappa shape index (κ1) is 22.5. The topological polar surface area (TPSA) is 50.8 Å². The number of rotatable bonds is 7. The van der Waals surface area contributed by atoms with Crippen LogP contribution in [-0.2, 0) is 11.2 Å². The van der Waals surface area contributed by atoms with Gasteiger partial charge in [-0.3, -0.25) is 0 Å². The van der Waals surface area contributed by atoms with Crippen LogP contribution in [0.3, 0.4) is 0 Å². The van der Waals surface area contributed by atoms with Gasteiger partial charge in [0.2, 0.25) is 0 Å². The van der Waals surface area contributed by atoms with Gasteiger partial charge < -0.3 is 19.7 Å². The molecule has 0 bridgehead atoms. The smallest absolute Gasteiger partial charge is 0.407 e. The number of nitrogens with zero attached hydrogens (tertiary/aromatic N) is 1. The molecular weight excluding hydrogens is 400 g/mol. The minimum atomic E-state index is -0.477. The van der Waals surface area contributed by atoms with Gasteiger partial charge in [0.1, 0.15) is 11.4 Å². The number of amides is 1. The van der Waals surface area contributed by atoms with Crippen molar-refractivity contribution in [3.63, 3.8) is 0 Å². The van der Waals surface area contributed by atoms with Crippen molar-refractivity contribution in [2.45, 2.75) is 64.4 Å². The molecule has 2 aromatic rings. The van der Waals surface area contributed by atoms with E-state index in [1.807, 2.05) is 20.8 Å². The minimum Gasteiger partial charge on any atom is -0.493 e. The molecular formula is C27H36N2O3. The Labute approximate surface area is 192 Å². The standard InChI is InChI=1S/C27H36N2O3/c1-27(2,3)32-26(30)28-17-21-7-5-6-20-16-23(12-15-25(20)21)29(4)22-10-13-24(14-11-22)31-18-19-8-9-19/h10-16,19,21H,5-9,17-18H2,1-4H3,(H,28,30)/t21-/m0/s1. The minimum absolute atomic E-state index is 0.327. The van der Waals surface area contributed by atoms with Crippen LogP contribution >= 0.6 is 0 Å². The summed E-state index contributed by atoms with van der Waals surface area (Å²) >= 11 is 0. The summed E-state index contributed by atoms with van der Waals surface area (Å²) in [5, 5.41) is 2.96. The lowest BCUT2D eigenvalue weighted by Gasteiger charge is -2.28. The van der Waals surface area contributed by atoms with Gasteiger partial charge in [0, 0.05) is 30.9 Å². The molecule has 0 aliphatic heterocycles. The van der Waals surface area contributed by atoms with E-state index < -0.39 is 5.60 Å². The van der Waals surface area contributed by atoms with Crippen LogP contribution in [-0.4, -0.2) is 31.9 Å². The second kappa shape index (κ2) is 9.43. The summed E-state index contributed by atoms with van der Waals surface area (Å²) in [6.07, 6.45) is 5.56. The number of fused-ring (bicyclic) bond motifs is 1. The van der Waals surface area contributed by atoms with Crippen molar-refractivity contribution in [2.75, 3.05) is 25.1 Å². The van der Waals surface area contributed by atoms with Gasteiger partial charge in [-0.15, -0.1) is 0 Å². The van der Waals surface area contributed by atoms with Gasteiger partial charge in [0.25, 0.3) is 0 Å². The number of aryl methyl sites for hydroxylation is 1. The highest BCUT2D eigenvalue weighted by molar-refractivity contribution is 5.68.